The van der Waals surface area contributed by atoms with Crippen LogP contribution in [0.3, 0.4) is 0 Å². The summed E-state index contributed by atoms with van der Waals surface area (Å²) in [4.78, 5) is 21.5. The molecule has 2 N–H and O–H groups in total. The maximum Gasteiger partial charge on any atom is 0.243 e. The van der Waals surface area contributed by atoms with Crippen molar-refractivity contribution in [3.8, 4) is 0 Å². The summed E-state index contributed by atoms with van der Waals surface area (Å²) in [5.41, 5.74) is 0. The molecule has 25 heavy (non-hydrogen) atoms. The zero-order chi connectivity index (χ0) is 17.2. The Bertz CT molecular complexity index is 515. The number of likely N-dealkylation sites (tertiary alicyclic amines) is 1. The summed E-state index contributed by atoms with van der Waals surface area (Å²) in [6.07, 6.45) is 3.95. The van der Waals surface area contributed by atoms with E-state index in [-0.39, 0.29) is 36.4 Å². The first-order valence-electron chi connectivity index (χ1n) is 8.62. The van der Waals surface area contributed by atoms with Gasteiger partial charge < -0.3 is 20.4 Å². The minimum Gasteiger partial charge on any atom is -0.355 e. The highest BCUT2D eigenvalue weighted by molar-refractivity contribution is 14.0. The number of likely N-dealkylation sites (N-methyl/N-ethyl adjacent to an activating group) is 1. The van der Waals surface area contributed by atoms with Gasteiger partial charge in [-0.1, -0.05) is 12.5 Å². The molecule has 1 aromatic rings. The van der Waals surface area contributed by atoms with Crippen molar-refractivity contribution in [3.63, 3.8) is 0 Å². The van der Waals surface area contributed by atoms with E-state index in [1.54, 1.807) is 30.3 Å². The lowest BCUT2D eigenvalue weighted by molar-refractivity contribution is -0.127. The zero-order valence-electron chi connectivity index (χ0n) is 15.2. The highest BCUT2D eigenvalue weighted by Gasteiger charge is 2.10. The van der Waals surface area contributed by atoms with E-state index >= 15 is 0 Å². The van der Waals surface area contributed by atoms with Crippen LogP contribution in [0.1, 0.15) is 24.1 Å². The third-order valence-corrected chi connectivity index (χ3v) is 4.93. The lowest BCUT2D eigenvalue weighted by Gasteiger charge is -2.26. The molecular formula is C17H30IN5OS. The van der Waals surface area contributed by atoms with E-state index in [1.807, 2.05) is 6.07 Å². The minimum atomic E-state index is 0. The molecule has 1 aliphatic rings. The standard InChI is InChI=1S/C17H29N5OS.HI/c1-21(2)16(23)14-20-17(19-13-15-7-6-12-24-15)18-8-11-22-9-4-3-5-10-22;/h6-7,12H,3-5,8-11,13-14H2,1-2H3,(H2,18,19,20);1H. The van der Waals surface area contributed by atoms with Gasteiger partial charge in [-0.3, -0.25) is 4.79 Å². The molecule has 0 aliphatic carbocycles. The average molecular weight is 479 g/mol. The Kier molecular flexibility index (Phi) is 11.1. The molecular weight excluding hydrogens is 449 g/mol. The normalized spacial score (nSPS) is 15.4. The van der Waals surface area contributed by atoms with Crippen LogP contribution in [0.5, 0.6) is 0 Å². The van der Waals surface area contributed by atoms with Gasteiger partial charge >= 0.3 is 0 Å². The average Bonchev–Trinajstić information content (AvgIpc) is 3.10. The maximum atomic E-state index is 11.8. The molecule has 1 fully saturated rings. The van der Waals surface area contributed by atoms with Crippen LogP contribution in [-0.2, 0) is 11.3 Å². The number of nitrogens with zero attached hydrogens (tertiary/aromatic N) is 3. The Morgan fingerprint density at radius 2 is 2.04 bits per heavy atom. The fraction of sp³-hybridized carbons (Fsp3) is 0.647. The molecule has 2 rings (SSSR count). The molecule has 142 valence electrons. The Labute approximate surface area is 172 Å². The lowest BCUT2D eigenvalue weighted by atomic mass is 10.1. The van der Waals surface area contributed by atoms with Gasteiger partial charge in [-0.05, 0) is 37.4 Å². The predicted octanol–water partition coefficient (Wildman–Crippen LogP) is 1.98. The summed E-state index contributed by atoms with van der Waals surface area (Å²) in [5, 5.41) is 8.73. The quantitative estimate of drug-likeness (QED) is 0.357. The zero-order valence-corrected chi connectivity index (χ0v) is 18.3. The van der Waals surface area contributed by atoms with Crippen LogP contribution < -0.4 is 10.6 Å². The fourth-order valence-electron chi connectivity index (χ4n) is 2.56. The Balaban J connectivity index is 0.00000312. The van der Waals surface area contributed by atoms with Crippen molar-refractivity contribution in [2.24, 2.45) is 4.99 Å². The summed E-state index contributed by atoms with van der Waals surface area (Å²) in [6, 6.07) is 4.13. The van der Waals surface area contributed by atoms with Crippen molar-refractivity contribution in [3.05, 3.63) is 22.4 Å². The van der Waals surface area contributed by atoms with Crippen LogP contribution in [0.25, 0.3) is 0 Å². The molecule has 2 heterocycles. The van der Waals surface area contributed by atoms with Crippen molar-refractivity contribution in [2.75, 3.05) is 46.8 Å². The number of guanidine groups is 1. The monoisotopic (exact) mass is 479 g/mol. The number of hydrogen-bond donors (Lipinski definition) is 2. The van der Waals surface area contributed by atoms with Gasteiger partial charge in [-0.2, -0.15) is 0 Å². The third-order valence-electron chi connectivity index (χ3n) is 4.05. The second-order valence-corrected chi connectivity index (χ2v) is 7.25. The smallest absolute Gasteiger partial charge is 0.243 e. The SMILES string of the molecule is CN(C)C(=O)CN=C(NCCN1CCCCC1)NCc1cccs1.I. The van der Waals surface area contributed by atoms with Crippen LogP contribution in [0, 0.1) is 0 Å². The van der Waals surface area contributed by atoms with E-state index in [0.717, 1.165) is 19.6 Å². The molecule has 1 aliphatic heterocycles. The van der Waals surface area contributed by atoms with E-state index < -0.39 is 0 Å². The van der Waals surface area contributed by atoms with Crippen molar-refractivity contribution in [1.82, 2.24) is 20.4 Å². The number of aliphatic imine (C=N–C) groups is 1. The number of carbonyl (C=O) groups is 1. The predicted molar refractivity (Wildman–Crippen MR) is 116 cm³/mol. The number of thiophene rings is 1. The Morgan fingerprint density at radius 1 is 1.28 bits per heavy atom. The maximum absolute atomic E-state index is 11.8. The van der Waals surface area contributed by atoms with Gasteiger partial charge in [0.2, 0.25) is 5.91 Å². The van der Waals surface area contributed by atoms with Crippen molar-refractivity contribution >= 4 is 47.2 Å². The van der Waals surface area contributed by atoms with Gasteiger partial charge in [-0.25, -0.2) is 4.99 Å². The molecule has 6 nitrogen and oxygen atoms in total. The van der Waals surface area contributed by atoms with Crippen LogP contribution in [0.15, 0.2) is 22.5 Å². The molecule has 1 amide bonds. The topological polar surface area (TPSA) is 60.0 Å². The van der Waals surface area contributed by atoms with E-state index in [2.05, 4.69) is 32.0 Å². The van der Waals surface area contributed by atoms with E-state index in [0.29, 0.717) is 5.96 Å². The van der Waals surface area contributed by atoms with Gasteiger partial charge in [-0.15, -0.1) is 35.3 Å². The number of hydrogen-bond acceptors (Lipinski definition) is 4. The van der Waals surface area contributed by atoms with Crippen LogP contribution in [0.4, 0.5) is 0 Å². The van der Waals surface area contributed by atoms with E-state index in [9.17, 15) is 4.79 Å². The summed E-state index contributed by atoms with van der Waals surface area (Å²) in [7, 11) is 3.50. The molecule has 0 saturated carbocycles. The van der Waals surface area contributed by atoms with Gasteiger partial charge in [0.05, 0.1) is 6.54 Å². The summed E-state index contributed by atoms with van der Waals surface area (Å²) >= 11 is 1.71. The van der Waals surface area contributed by atoms with Gasteiger partial charge in [0.25, 0.3) is 0 Å². The molecule has 1 aromatic heterocycles. The minimum absolute atomic E-state index is 0. The number of piperidine rings is 1. The first kappa shape index (κ1) is 22.2. The first-order chi connectivity index (χ1) is 11.6. The second-order valence-electron chi connectivity index (χ2n) is 6.21. The molecule has 0 radical (unpaired) electrons. The highest BCUT2D eigenvalue weighted by atomic mass is 127. The lowest BCUT2D eigenvalue weighted by Crippen LogP contribution is -2.43. The second kappa shape index (κ2) is 12.5. The molecule has 0 bridgehead atoms. The van der Waals surface area contributed by atoms with Gasteiger partial charge in [0.1, 0.15) is 6.54 Å². The fourth-order valence-corrected chi connectivity index (χ4v) is 3.21. The van der Waals surface area contributed by atoms with Crippen molar-refractivity contribution < 1.29 is 4.79 Å². The first-order valence-corrected chi connectivity index (χ1v) is 9.50. The van der Waals surface area contributed by atoms with E-state index in [4.69, 9.17) is 0 Å². The number of amides is 1. The number of halogens is 1. The Morgan fingerprint density at radius 3 is 2.68 bits per heavy atom. The Hall–Kier alpha value is -0.870. The summed E-state index contributed by atoms with van der Waals surface area (Å²) in [5.74, 6) is 0.707. The number of nitrogens with one attached hydrogen (secondary N) is 2. The van der Waals surface area contributed by atoms with E-state index in [1.165, 1.54) is 37.2 Å². The summed E-state index contributed by atoms with van der Waals surface area (Å²) in [6.45, 7) is 5.12. The van der Waals surface area contributed by atoms with Crippen molar-refractivity contribution in [1.29, 1.82) is 0 Å². The molecule has 1 saturated heterocycles. The van der Waals surface area contributed by atoms with Gasteiger partial charge in [0.15, 0.2) is 5.96 Å². The van der Waals surface area contributed by atoms with Crippen molar-refractivity contribution in [2.45, 2.75) is 25.8 Å². The highest BCUT2D eigenvalue weighted by Crippen LogP contribution is 2.08. The van der Waals surface area contributed by atoms with Crippen LogP contribution in [0.2, 0.25) is 0 Å². The molecule has 0 spiro atoms. The molecule has 8 heteroatoms. The molecule has 0 unspecified atom stereocenters. The van der Waals surface area contributed by atoms with Gasteiger partial charge in [0, 0.05) is 32.1 Å². The molecule has 0 aromatic carbocycles. The molecule has 0 atom stereocenters. The largest absolute Gasteiger partial charge is 0.355 e. The number of carbonyl (C=O) groups excluding carboxylic acids is 1. The third kappa shape index (κ3) is 8.87. The summed E-state index contributed by atoms with van der Waals surface area (Å²) < 4.78 is 0. The van der Waals surface area contributed by atoms with Crippen LogP contribution >= 0.6 is 35.3 Å². The number of rotatable bonds is 7. The van der Waals surface area contributed by atoms with Crippen LogP contribution in [-0.4, -0.2) is 68.5 Å².